The predicted molar refractivity (Wildman–Crippen MR) is 78.5 cm³/mol. The molecule has 0 spiro atoms. The van der Waals surface area contributed by atoms with Crippen LogP contribution in [0.5, 0.6) is 5.75 Å². The highest BCUT2D eigenvalue weighted by atomic mass is 19.1. The van der Waals surface area contributed by atoms with Gasteiger partial charge in [0.1, 0.15) is 11.6 Å². The average molecular weight is 267 g/mol. The number of phenols is 1. The Labute approximate surface area is 116 Å². The highest BCUT2D eigenvalue weighted by molar-refractivity contribution is 6.13. The van der Waals surface area contributed by atoms with Crippen molar-refractivity contribution in [2.75, 3.05) is 6.54 Å². The van der Waals surface area contributed by atoms with Gasteiger partial charge in [-0.3, -0.25) is 4.99 Å². The lowest BCUT2D eigenvalue weighted by atomic mass is 9.96. The summed E-state index contributed by atoms with van der Waals surface area (Å²) in [6.07, 6.45) is 2.90. The van der Waals surface area contributed by atoms with Crippen molar-refractivity contribution in [3.05, 3.63) is 71.6 Å². The summed E-state index contributed by atoms with van der Waals surface area (Å²) in [6, 6.07) is 13.5. The quantitative estimate of drug-likeness (QED) is 0.881. The van der Waals surface area contributed by atoms with Gasteiger partial charge in [0.25, 0.3) is 0 Å². The van der Waals surface area contributed by atoms with Crippen molar-refractivity contribution in [1.29, 1.82) is 0 Å². The third-order valence-corrected chi connectivity index (χ3v) is 3.35. The van der Waals surface area contributed by atoms with Crippen LogP contribution in [0.1, 0.15) is 17.5 Å². The molecular weight excluding hydrogens is 253 g/mol. The van der Waals surface area contributed by atoms with Crippen LogP contribution in [-0.4, -0.2) is 17.4 Å². The zero-order valence-electron chi connectivity index (χ0n) is 10.9. The standard InChI is InChI=1S/C17H14FNO/c18-15-5-1-13(2-6-15)17-11-14(9-10-19-17)12-3-7-16(20)8-4-12/h1-8,11,20H,9-10H2. The number of halogens is 1. The number of dihydropyridines is 1. The first-order chi connectivity index (χ1) is 9.72. The summed E-state index contributed by atoms with van der Waals surface area (Å²) in [7, 11) is 0. The second kappa shape index (κ2) is 5.29. The zero-order valence-corrected chi connectivity index (χ0v) is 10.9. The Balaban J connectivity index is 1.92. The fourth-order valence-electron chi connectivity index (χ4n) is 2.28. The van der Waals surface area contributed by atoms with Gasteiger partial charge < -0.3 is 5.11 Å². The Morgan fingerprint density at radius 2 is 1.55 bits per heavy atom. The van der Waals surface area contributed by atoms with E-state index in [2.05, 4.69) is 4.99 Å². The van der Waals surface area contributed by atoms with E-state index in [0.29, 0.717) is 0 Å². The molecule has 0 amide bonds. The maximum atomic E-state index is 13.0. The molecule has 1 heterocycles. The van der Waals surface area contributed by atoms with Crippen LogP contribution in [0.2, 0.25) is 0 Å². The lowest BCUT2D eigenvalue weighted by molar-refractivity contribution is 0.475. The van der Waals surface area contributed by atoms with E-state index < -0.39 is 0 Å². The minimum Gasteiger partial charge on any atom is -0.508 e. The molecule has 0 aromatic heterocycles. The van der Waals surface area contributed by atoms with Gasteiger partial charge in [-0.2, -0.15) is 0 Å². The van der Waals surface area contributed by atoms with Gasteiger partial charge in [-0.15, -0.1) is 0 Å². The summed E-state index contributed by atoms with van der Waals surface area (Å²) in [4.78, 5) is 4.49. The third-order valence-electron chi connectivity index (χ3n) is 3.35. The van der Waals surface area contributed by atoms with Crippen LogP contribution < -0.4 is 0 Å². The van der Waals surface area contributed by atoms with Gasteiger partial charge in [-0.1, -0.05) is 12.1 Å². The van der Waals surface area contributed by atoms with Crippen molar-refractivity contribution >= 4 is 11.3 Å². The van der Waals surface area contributed by atoms with Gasteiger partial charge in [0.05, 0.1) is 5.71 Å². The fraction of sp³-hybridized carbons (Fsp3) is 0.118. The maximum absolute atomic E-state index is 13.0. The lowest BCUT2D eigenvalue weighted by Gasteiger charge is -2.14. The van der Waals surface area contributed by atoms with Gasteiger partial charge in [0, 0.05) is 6.54 Å². The van der Waals surface area contributed by atoms with Crippen molar-refractivity contribution < 1.29 is 9.50 Å². The molecule has 1 aliphatic rings. The van der Waals surface area contributed by atoms with Gasteiger partial charge in [-0.25, -0.2) is 4.39 Å². The van der Waals surface area contributed by atoms with Crippen LogP contribution in [0.3, 0.4) is 0 Å². The maximum Gasteiger partial charge on any atom is 0.123 e. The van der Waals surface area contributed by atoms with Crippen molar-refractivity contribution in [2.45, 2.75) is 6.42 Å². The number of allylic oxidation sites excluding steroid dienone is 1. The molecule has 1 aliphatic heterocycles. The Morgan fingerprint density at radius 1 is 0.900 bits per heavy atom. The Kier molecular flexibility index (Phi) is 3.33. The van der Waals surface area contributed by atoms with E-state index >= 15 is 0 Å². The normalized spacial score (nSPS) is 14.7. The lowest BCUT2D eigenvalue weighted by Crippen LogP contribution is -2.06. The van der Waals surface area contributed by atoms with Crippen LogP contribution in [0.15, 0.2) is 59.6 Å². The van der Waals surface area contributed by atoms with Gasteiger partial charge in [0.15, 0.2) is 0 Å². The summed E-state index contributed by atoms with van der Waals surface area (Å²) < 4.78 is 13.0. The second-order valence-corrected chi connectivity index (χ2v) is 4.74. The average Bonchev–Trinajstić information content (AvgIpc) is 2.49. The molecule has 3 heteroatoms. The number of rotatable bonds is 2. The smallest absolute Gasteiger partial charge is 0.123 e. The minimum absolute atomic E-state index is 0.243. The van der Waals surface area contributed by atoms with Crippen LogP contribution in [0, 0.1) is 5.82 Å². The summed E-state index contributed by atoms with van der Waals surface area (Å²) >= 11 is 0. The molecule has 3 rings (SSSR count). The molecule has 2 aromatic rings. The molecule has 0 saturated carbocycles. The molecule has 0 fully saturated rings. The van der Waals surface area contributed by atoms with E-state index in [-0.39, 0.29) is 11.6 Å². The predicted octanol–water partition coefficient (Wildman–Crippen LogP) is 3.81. The van der Waals surface area contributed by atoms with Gasteiger partial charge in [-0.05, 0) is 65.6 Å². The van der Waals surface area contributed by atoms with Crippen molar-refractivity contribution in [1.82, 2.24) is 0 Å². The minimum atomic E-state index is -0.243. The molecular formula is C17H14FNO. The molecule has 2 nitrogen and oxygen atoms in total. The molecule has 0 atom stereocenters. The Morgan fingerprint density at radius 3 is 2.25 bits per heavy atom. The fourth-order valence-corrected chi connectivity index (χ4v) is 2.28. The van der Waals surface area contributed by atoms with E-state index in [0.717, 1.165) is 29.8 Å². The van der Waals surface area contributed by atoms with Crippen LogP contribution in [-0.2, 0) is 0 Å². The molecule has 100 valence electrons. The van der Waals surface area contributed by atoms with Gasteiger partial charge >= 0.3 is 0 Å². The summed E-state index contributed by atoms with van der Waals surface area (Å²) in [6.45, 7) is 0.722. The van der Waals surface area contributed by atoms with Crippen LogP contribution in [0.4, 0.5) is 4.39 Å². The molecule has 0 unspecified atom stereocenters. The number of phenolic OH excluding ortho intramolecular Hbond substituents is 1. The highest BCUT2D eigenvalue weighted by Gasteiger charge is 2.10. The summed E-state index contributed by atoms with van der Waals surface area (Å²) in [5, 5.41) is 9.33. The number of aromatic hydroxyl groups is 1. The molecule has 1 N–H and O–H groups in total. The second-order valence-electron chi connectivity index (χ2n) is 4.74. The third kappa shape index (κ3) is 2.62. The SMILES string of the molecule is Oc1ccc(C2=CC(c3ccc(F)cc3)=NCC2)cc1. The Bertz CT molecular complexity index is 669. The summed E-state index contributed by atoms with van der Waals surface area (Å²) in [5.74, 6) is 0.0190. The number of hydrogen-bond acceptors (Lipinski definition) is 2. The number of aliphatic imine (C=N–C) groups is 1. The van der Waals surface area contributed by atoms with E-state index in [1.807, 2.05) is 18.2 Å². The topological polar surface area (TPSA) is 32.6 Å². The first-order valence-electron chi connectivity index (χ1n) is 6.53. The first kappa shape index (κ1) is 12.6. The van der Waals surface area contributed by atoms with Crippen LogP contribution in [0.25, 0.3) is 5.57 Å². The molecule has 20 heavy (non-hydrogen) atoms. The first-order valence-corrected chi connectivity index (χ1v) is 6.53. The summed E-state index contributed by atoms with van der Waals surface area (Å²) in [5.41, 5.74) is 4.05. The Hall–Kier alpha value is -2.42. The molecule has 0 saturated heterocycles. The molecule has 0 aliphatic carbocycles. The molecule has 0 radical (unpaired) electrons. The molecule has 2 aromatic carbocycles. The largest absolute Gasteiger partial charge is 0.508 e. The number of nitrogens with zero attached hydrogens (tertiary/aromatic N) is 1. The number of hydrogen-bond donors (Lipinski definition) is 1. The van der Waals surface area contributed by atoms with Crippen LogP contribution >= 0.6 is 0 Å². The van der Waals surface area contributed by atoms with Crippen molar-refractivity contribution in [3.63, 3.8) is 0 Å². The van der Waals surface area contributed by atoms with E-state index in [1.54, 1.807) is 24.3 Å². The molecule has 0 bridgehead atoms. The van der Waals surface area contributed by atoms with Crippen molar-refractivity contribution in [3.8, 4) is 5.75 Å². The zero-order chi connectivity index (χ0) is 13.9. The number of benzene rings is 2. The van der Waals surface area contributed by atoms with E-state index in [1.165, 1.54) is 17.7 Å². The monoisotopic (exact) mass is 267 g/mol. The van der Waals surface area contributed by atoms with Crippen molar-refractivity contribution in [2.24, 2.45) is 4.99 Å². The van der Waals surface area contributed by atoms with Gasteiger partial charge in [0.2, 0.25) is 0 Å². The van der Waals surface area contributed by atoms with E-state index in [4.69, 9.17) is 0 Å². The van der Waals surface area contributed by atoms with E-state index in [9.17, 15) is 9.50 Å². The highest BCUT2D eigenvalue weighted by Crippen LogP contribution is 2.24.